The van der Waals surface area contributed by atoms with E-state index in [0.717, 1.165) is 0 Å². The molecule has 0 saturated carbocycles. The van der Waals surface area contributed by atoms with Crippen molar-refractivity contribution < 1.29 is 13.6 Å². The molecule has 2 nitrogen and oxygen atoms in total. The van der Waals surface area contributed by atoms with Gasteiger partial charge in [0, 0.05) is 4.90 Å². The SMILES string of the molecule is CSc1ccc(F)c(CON)c1F. The van der Waals surface area contributed by atoms with Crippen LogP contribution < -0.4 is 5.90 Å². The molecule has 0 unspecified atom stereocenters. The predicted octanol–water partition coefficient (Wildman–Crippen LogP) is 2.08. The van der Waals surface area contributed by atoms with E-state index in [9.17, 15) is 8.78 Å². The highest BCUT2D eigenvalue weighted by Crippen LogP contribution is 2.24. The second-order valence-corrected chi connectivity index (χ2v) is 3.20. The quantitative estimate of drug-likeness (QED) is 0.606. The molecular weight excluding hydrogens is 196 g/mol. The monoisotopic (exact) mass is 205 g/mol. The van der Waals surface area contributed by atoms with Crippen LogP contribution in [0, 0.1) is 11.6 Å². The van der Waals surface area contributed by atoms with Gasteiger partial charge in [0.2, 0.25) is 0 Å². The third-order valence-electron chi connectivity index (χ3n) is 1.60. The average Bonchev–Trinajstić information content (AvgIpc) is 2.12. The smallest absolute Gasteiger partial charge is 0.145 e. The van der Waals surface area contributed by atoms with Crippen molar-refractivity contribution in [3.8, 4) is 0 Å². The van der Waals surface area contributed by atoms with Crippen LogP contribution in [0.4, 0.5) is 8.78 Å². The Labute approximate surface area is 79.0 Å². The van der Waals surface area contributed by atoms with E-state index in [1.54, 1.807) is 6.26 Å². The molecule has 72 valence electrons. The van der Waals surface area contributed by atoms with Crippen LogP contribution in [0.25, 0.3) is 0 Å². The molecule has 0 atom stereocenters. The fourth-order valence-corrected chi connectivity index (χ4v) is 1.46. The topological polar surface area (TPSA) is 35.2 Å². The van der Waals surface area contributed by atoms with Crippen LogP contribution in [0.5, 0.6) is 0 Å². The molecule has 0 aliphatic heterocycles. The molecule has 13 heavy (non-hydrogen) atoms. The maximum Gasteiger partial charge on any atom is 0.145 e. The molecule has 1 aromatic rings. The Morgan fingerprint density at radius 3 is 2.69 bits per heavy atom. The molecule has 1 aromatic carbocycles. The number of hydrogen-bond donors (Lipinski definition) is 1. The van der Waals surface area contributed by atoms with Crippen LogP contribution in [0.15, 0.2) is 17.0 Å². The zero-order valence-electron chi connectivity index (χ0n) is 7.01. The van der Waals surface area contributed by atoms with Crippen LogP contribution in [0.1, 0.15) is 5.56 Å². The highest BCUT2D eigenvalue weighted by atomic mass is 32.2. The maximum absolute atomic E-state index is 13.3. The molecule has 5 heteroatoms. The lowest BCUT2D eigenvalue weighted by Crippen LogP contribution is -2.04. The van der Waals surface area contributed by atoms with E-state index in [1.165, 1.54) is 23.9 Å². The van der Waals surface area contributed by atoms with Gasteiger partial charge >= 0.3 is 0 Å². The number of rotatable bonds is 3. The van der Waals surface area contributed by atoms with Crippen LogP contribution in [-0.4, -0.2) is 6.26 Å². The van der Waals surface area contributed by atoms with Gasteiger partial charge in [-0.15, -0.1) is 11.8 Å². The molecule has 0 spiro atoms. The second-order valence-electron chi connectivity index (χ2n) is 2.35. The zero-order chi connectivity index (χ0) is 9.84. The molecule has 0 amide bonds. The standard InChI is InChI=1S/C8H9F2NOS/c1-13-7-3-2-6(9)5(4-12-11)8(7)10/h2-3H,4,11H2,1H3. The van der Waals surface area contributed by atoms with Gasteiger partial charge in [-0.1, -0.05) is 0 Å². The summed E-state index contributed by atoms with van der Waals surface area (Å²) in [5.74, 6) is 3.51. The highest BCUT2D eigenvalue weighted by Gasteiger charge is 2.12. The van der Waals surface area contributed by atoms with Crippen molar-refractivity contribution >= 4 is 11.8 Å². The summed E-state index contributed by atoms with van der Waals surface area (Å²) in [6.07, 6.45) is 1.71. The third kappa shape index (κ3) is 2.18. The summed E-state index contributed by atoms with van der Waals surface area (Å²) in [7, 11) is 0. The van der Waals surface area contributed by atoms with Gasteiger partial charge < -0.3 is 0 Å². The Hall–Kier alpha value is -0.650. The first-order chi connectivity index (χ1) is 6.20. The van der Waals surface area contributed by atoms with Gasteiger partial charge in [0.25, 0.3) is 0 Å². The van der Waals surface area contributed by atoms with Crippen molar-refractivity contribution in [3.05, 3.63) is 29.3 Å². The van der Waals surface area contributed by atoms with E-state index < -0.39 is 11.6 Å². The second kappa shape index (κ2) is 4.55. The molecule has 0 saturated heterocycles. The van der Waals surface area contributed by atoms with E-state index in [4.69, 9.17) is 5.90 Å². The van der Waals surface area contributed by atoms with Gasteiger partial charge in [0.05, 0.1) is 12.2 Å². The van der Waals surface area contributed by atoms with Crippen molar-refractivity contribution in [1.82, 2.24) is 0 Å². The molecule has 0 aromatic heterocycles. The summed E-state index contributed by atoms with van der Waals surface area (Å²) in [4.78, 5) is 4.58. The minimum Gasteiger partial charge on any atom is -0.300 e. The molecule has 1 rings (SSSR count). The molecular formula is C8H9F2NOS. The Balaban J connectivity index is 3.13. The fraction of sp³-hybridized carbons (Fsp3) is 0.250. The van der Waals surface area contributed by atoms with Crippen molar-refractivity contribution in [3.63, 3.8) is 0 Å². The van der Waals surface area contributed by atoms with Crippen LogP contribution >= 0.6 is 11.8 Å². The zero-order valence-corrected chi connectivity index (χ0v) is 7.83. The summed E-state index contributed by atoms with van der Waals surface area (Å²) in [6.45, 7) is -0.258. The van der Waals surface area contributed by atoms with E-state index in [0.29, 0.717) is 4.90 Å². The van der Waals surface area contributed by atoms with Gasteiger partial charge in [-0.05, 0) is 18.4 Å². The minimum absolute atomic E-state index is 0.130. The Kier molecular flexibility index (Phi) is 3.65. The molecule has 0 aliphatic rings. The normalized spacial score (nSPS) is 10.5. The highest BCUT2D eigenvalue weighted by molar-refractivity contribution is 7.98. The molecule has 0 heterocycles. The van der Waals surface area contributed by atoms with E-state index in [1.807, 2.05) is 0 Å². The van der Waals surface area contributed by atoms with Crippen molar-refractivity contribution in [1.29, 1.82) is 0 Å². The molecule has 0 bridgehead atoms. The summed E-state index contributed by atoms with van der Waals surface area (Å²) < 4.78 is 26.3. The first kappa shape index (κ1) is 10.4. The van der Waals surface area contributed by atoms with Crippen molar-refractivity contribution in [2.45, 2.75) is 11.5 Å². The van der Waals surface area contributed by atoms with Gasteiger partial charge in [-0.25, -0.2) is 14.7 Å². The Morgan fingerprint density at radius 2 is 2.15 bits per heavy atom. The van der Waals surface area contributed by atoms with Crippen molar-refractivity contribution in [2.24, 2.45) is 5.90 Å². The summed E-state index contributed by atoms with van der Waals surface area (Å²) in [5, 5.41) is 0. The minimum atomic E-state index is -0.638. The van der Waals surface area contributed by atoms with Gasteiger partial charge in [-0.3, -0.25) is 4.84 Å². The third-order valence-corrected chi connectivity index (χ3v) is 2.35. The molecule has 0 radical (unpaired) electrons. The number of halogens is 2. The number of benzene rings is 1. The first-order valence-corrected chi connectivity index (χ1v) is 4.75. The average molecular weight is 205 g/mol. The van der Waals surface area contributed by atoms with Crippen LogP contribution in [0.2, 0.25) is 0 Å². The molecule has 0 aliphatic carbocycles. The number of thioether (sulfide) groups is 1. The summed E-state index contributed by atoms with van der Waals surface area (Å²) in [6, 6.07) is 2.58. The lowest BCUT2D eigenvalue weighted by atomic mass is 10.2. The maximum atomic E-state index is 13.3. The van der Waals surface area contributed by atoms with E-state index in [-0.39, 0.29) is 12.2 Å². The van der Waals surface area contributed by atoms with Crippen LogP contribution in [-0.2, 0) is 11.4 Å². The fourth-order valence-electron chi connectivity index (χ4n) is 0.949. The molecule has 2 N–H and O–H groups in total. The number of nitrogens with two attached hydrogens (primary N) is 1. The summed E-state index contributed by atoms with van der Waals surface area (Å²) in [5.41, 5.74) is -0.130. The van der Waals surface area contributed by atoms with E-state index in [2.05, 4.69) is 4.84 Å². The summed E-state index contributed by atoms with van der Waals surface area (Å²) >= 11 is 1.21. The lowest BCUT2D eigenvalue weighted by molar-refractivity contribution is 0.118. The van der Waals surface area contributed by atoms with Crippen molar-refractivity contribution in [2.75, 3.05) is 6.26 Å². The van der Waals surface area contributed by atoms with Crippen LogP contribution in [0.3, 0.4) is 0 Å². The Bertz CT molecular complexity index is 306. The van der Waals surface area contributed by atoms with E-state index >= 15 is 0 Å². The largest absolute Gasteiger partial charge is 0.300 e. The lowest BCUT2D eigenvalue weighted by Gasteiger charge is -2.06. The van der Waals surface area contributed by atoms with Gasteiger partial charge in [-0.2, -0.15) is 0 Å². The predicted molar refractivity (Wildman–Crippen MR) is 47.1 cm³/mol. The van der Waals surface area contributed by atoms with Gasteiger partial charge in [0.1, 0.15) is 11.6 Å². The van der Waals surface area contributed by atoms with Gasteiger partial charge in [0.15, 0.2) is 0 Å². The molecule has 0 fully saturated rings. The number of hydrogen-bond acceptors (Lipinski definition) is 3. The first-order valence-electron chi connectivity index (χ1n) is 3.53. The Morgan fingerprint density at radius 1 is 1.46 bits per heavy atom.